The fourth-order valence-electron chi connectivity index (χ4n) is 0. The van der Waals surface area contributed by atoms with Gasteiger partial charge in [0.1, 0.15) is 7.59 Å². The van der Waals surface area contributed by atoms with Crippen LogP contribution in [0.3, 0.4) is 0 Å². The Morgan fingerprint density at radius 3 is 1.00 bits per heavy atom. The molecule has 0 nitrogen and oxygen atoms in total. The Kier molecular flexibility index (Phi) is 1.98. The van der Waals surface area contributed by atoms with Crippen molar-refractivity contribution < 1.29 is 8.22 Å². The molecule has 8 heavy (non-hydrogen) atoms. The Morgan fingerprint density at radius 1 is 0.875 bits per heavy atom. The molecule has 0 saturated carbocycles. The Balaban J connectivity index is 4.02. The van der Waals surface area contributed by atoms with Crippen LogP contribution in [-0.4, -0.2) is 15.9 Å². The Hall–Kier alpha value is 0.294. The molecule has 0 spiro atoms. The lowest BCUT2D eigenvalue weighted by Gasteiger charge is -2.20. The lowest BCUT2D eigenvalue weighted by atomic mass is 11.8. The zero-order chi connectivity index (χ0) is 7.00. The lowest BCUT2D eigenvalue weighted by molar-refractivity contribution is 0.649. The average molecular weight is 154 g/mol. The molecule has 0 aliphatic carbocycles. The zero-order valence-corrected chi connectivity index (χ0v) is 7.76. The van der Waals surface area contributed by atoms with Crippen LogP contribution in [0.1, 0.15) is 0 Å². The highest BCUT2D eigenvalue weighted by Gasteiger charge is 2.44. The predicted octanol–water partition coefficient (Wildman–Crippen LogP) is 2.41. The molecule has 4 heteroatoms. The minimum atomic E-state index is -3.72. The van der Waals surface area contributed by atoms with Crippen LogP contribution in [0.5, 0.6) is 0 Å². The molecule has 0 aliphatic rings. The van der Waals surface area contributed by atoms with Gasteiger partial charge < -0.3 is 0 Å². The maximum atomic E-state index is 12.4. The zero-order valence-electron chi connectivity index (χ0n) is 5.76. The molecule has 50 valence electrons. The van der Waals surface area contributed by atoms with Gasteiger partial charge in [-0.2, -0.15) is 0 Å². The highest BCUT2D eigenvalue weighted by molar-refractivity contribution is 7.35. The minimum Gasteiger partial charge on any atom is -0.276 e. The van der Waals surface area contributed by atoms with Crippen LogP contribution in [0.25, 0.3) is 0 Å². The lowest BCUT2D eigenvalue weighted by Crippen LogP contribution is -2.47. The summed E-state index contributed by atoms with van der Waals surface area (Å²) in [5.74, 6) is 0. The summed E-state index contributed by atoms with van der Waals surface area (Å²) < 4.78 is 24.9. The van der Waals surface area contributed by atoms with E-state index in [9.17, 15) is 8.22 Å². The van der Waals surface area contributed by atoms with Gasteiger partial charge in [-0.05, 0) is 6.55 Å². The normalized spacial score (nSPS) is 14.2. The number of rotatable bonds is 1. The van der Waals surface area contributed by atoms with Crippen LogP contribution in [-0.2, 0) is 0 Å². The third-order valence-electron chi connectivity index (χ3n) is 1.32. The first-order valence-corrected chi connectivity index (χ1v) is 9.38. The van der Waals surface area contributed by atoms with Crippen molar-refractivity contribution in [1.82, 2.24) is 0 Å². The molecule has 0 bridgehead atoms. The van der Waals surface area contributed by atoms with E-state index in [4.69, 9.17) is 0 Å². The quantitative estimate of drug-likeness (QED) is 0.402. The molecule has 0 N–H and O–H groups in total. The van der Waals surface area contributed by atoms with Crippen LogP contribution in [0, 0.1) is 0 Å². The van der Waals surface area contributed by atoms with E-state index in [0.29, 0.717) is 0 Å². The predicted molar refractivity (Wildman–Crippen MR) is 37.2 cm³/mol. The first kappa shape index (κ1) is 8.29. The van der Waals surface area contributed by atoms with Crippen molar-refractivity contribution in [3.05, 3.63) is 0 Å². The van der Waals surface area contributed by atoms with Gasteiger partial charge in [-0.1, -0.05) is 19.6 Å². The number of halogens is 2. The van der Waals surface area contributed by atoms with Gasteiger partial charge in [0.15, 0.2) is 0 Å². The highest BCUT2D eigenvalue weighted by Crippen LogP contribution is 2.20. The van der Waals surface area contributed by atoms with Crippen LogP contribution in [0.4, 0.5) is 8.22 Å². The summed E-state index contributed by atoms with van der Waals surface area (Å²) in [7, 11) is -5.77. The van der Waals surface area contributed by atoms with Gasteiger partial charge in [0.2, 0.25) is 0 Å². The molecule has 0 aliphatic heterocycles. The smallest absolute Gasteiger partial charge is 0.276 e. The SMILES string of the molecule is C[Si](C)(C)[Si](C)(F)F. The molecule has 0 rings (SSSR count). The Labute approximate surface area is 51.1 Å². The van der Waals surface area contributed by atoms with E-state index in [0.717, 1.165) is 6.55 Å². The van der Waals surface area contributed by atoms with Crippen LogP contribution >= 0.6 is 0 Å². The maximum Gasteiger partial charge on any atom is 0.400 e. The van der Waals surface area contributed by atoms with Crippen molar-refractivity contribution in [1.29, 1.82) is 0 Å². The average Bonchev–Trinajstić information content (AvgIpc) is 1.25. The Morgan fingerprint density at radius 2 is 1.00 bits per heavy atom. The molecule has 0 aromatic carbocycles. The first-order chi connectivity index (χ1) is 3.25. The molecule has 0 amide bonds. The van der Waals surface area contributed by atoms with Crippen molar-refractivity contribution in [3.8, 4) is 0 Å². The summed E-state index contributed by atoms with van der Waals surface area (Å²) in [6.45, 7) is 6.30. The topological polar surface area (TPSA) is 0 Å². The Bertz CT molecular complexity index is 67.0. The third kappa shape index (κ3) is 2.04. The van der Waals surface area contributed by atoms with Gasteiger partial charge in [-0.15, -0.1) is 0 Å². The van der Waals surface area contributed by atoms with Gasteiger partial charge >= 0.3 is 8.26 Å². The molecule has 0 saturated heterocycles. The summed E-state index contributed by atoms with van der Waals surface area (Å²) in [6.07, 6.45) is 0. The van der Waals surface area contributed by atoms with Crippen molar-refractivity contribution in [2.24, 2.45) is 0 Å². The first-order valence-electron chi connectivity index (χ1n) is 2.63. The van der Waals surface area contributed by atoms with Crippen molar-refractivity contribution >= 4 is 15.9 Å². The number of hydrogen-bond donors (Lipinski definition) is 0. The van der Waals surface area contributed by atoms with Gasteiger partial charge in [-0.25, -0.2) is 0 Å². The largest absolute Gasteiger partial charge is 0.400 e. The monoisotopic (exact) mass is 154 g/mol. The summed E-state index contributed by atoms with van der Waals surface area (Å²) in [4.78, 5) is 0. The van der Waals surface area contributed by atoms with E-state index in [1.165, 1.54) is 0 Å². The molecule has 0 aromatic heterocycles. The standard InChI is InChI=1S/C4H12F2Si2/c1-7(2,3)8(4,5)6/h1-4H3. The second-order valence-corrected chi connectivity index (χ2v) is 16.5. The minimum absolute atomic E-state index is 1.14. The molecular formula is C4H12F2Si2. The van der Waals surface area contributed by atoms with Crippen LogP contribution < -0.4 is 0 Å². The molecule has 0 heterocycles. The van der Waals surface area contributed by atoms with Crippen molar-refractivity contribution in [2.45, 2.75) is 26.2 Å². The summed E-state index contributed by atoms with van der Waals surface area (Å²) in [6, 6.07) is 0. The van der Waals surface area contributed by atoms with Gasteiger partial charge in [-0.3, -0.25) is 8.22 Å². The maximum absolute atomic E-state index is 12.4. The van der Waals surface area contributed by atoms with E-state index in [1.54, 1.807) is 19.6 Å². The second-order valence-electron chi connectivity index (χ2n) is 3.14. The molecule has 0 aromatic rings. The molecule has 0 unspecified atom stereocenters. The highest BCUT2D eigenvalue weighted by atomic mass is 29.3. The third-order valence-corrected chi connectivity index (χ3v) is 11.9. The van der Waals surface area contributed by atoms with E-state index in [2.05, 4.69) is 0 Å². The summed E-state index contributed by atoms with van der Waals surface area (Å²) >= 11 is 0. The van der Waals surface area contributed by atoms with Gasteiger partial charge in [0.25, 0.3) is 0 Å². The molecule has 0 atom stereocenters. The van der Waals surface area contributed by atoms with E-state index in [1.807, 2.05) is 0 Å². The van der Waals surface area contributed by atoms with E-state index >= 15 is 0 Å². The molecular weight excluding hydrogens is 142 g/mol. The van der Waals surface area contributed by atoms with E-state index < -0.39 is 15.9 Å². The fourth-order valence-corrected chi connectivity index (χ4v) is 0. The van der Waals surface area contributed by atoms with Crippen molar-refractivity contribution in [2.75, 3.05) is 0 Å². The van der Waals surface area contributed by atoms with Crippen LogP contribution in [0.15, 0.2) is 0 Å². The van der Waals surface area contributed by atoms with Crippen LogP contribution in [0.2, 0.25) is 26.2 Å². The fraction of sp³-hybridized carbons (Fsp3) is 1.00. The second kappa shape index (κ2) is 1.91. The van der Waals surface area contributed by atoms with Crippen molar-refractivity contribution in [3.63, 3.8) is 0 Å². The summed E-state index contributed by atoms with van der Waals surface area (Å²) in [5, 5.41) is 0. The molecule has 0 radical (unpaired) electrons. The summed E-state index contributed by atoms with van der Waals surface area (Å²) in [5.41, 5.74) is 0. The van der Waals surface area contributed by atoms with Gasteiger partial charge in [0, 0.05) is 0 Å². The van der Waals surface area contributed by atoms with E-state index in [-0.39, 0.29) is 0 Å². The molecule has 0 fully saturated rings. The number of hydrogen-bond acceptors (Lipinski definition) is 0. The van der Waals surface area contributed by atoms with Gasteiger partial charge in [0.05, 0.1) is 0 Å².